The molecule has 1 saturated heterocycles. The van der Waals surface area contributed by atoms with Gasteiger partial charge < -0.3 is 9.32 Å². The molecule has 1 fully saturated rings. The van der Waals surface area contributed by atoms with Crippen LogP contribution in [0.3, 0.4) is 0 Å². The zero-order valence-corrected chi connectivity index (χ0v) is 14.4. The summed E-state index contributed by atoms with van der Waals surface area (Å²) in [5.74, 6) is 1.13. The summed E-state index contributed by atoms with van der Waals surface area (Å²) in [6.07, 6.45) is 5.12. The predicted molar refractivity (Wildman–Crippen MR) is 94.5 cm³/mol. The fourth-order valence-electron chi connectivity index (χ4n) is 3.38. The van der Waals surface area contributed by atoms with Gasteiger partial charge in [0.25, 0.3) is 0 Å². The van der Waals surface area contributed by atoms with Gasteiger partial charge in [-0.2, -0.15) is 0 Å². The maximum atomic E-state index is 12.5. The number of aryl methyl sites for hydroxylation is 1. The van der Waals surface area contributed by atoms with E-state index < -0.39 is 0 Å². The zero-order chi connectivity index (χ0) is 16.8. The monoisotopic (exact) mass is 326 g/mol. The second kappa shape index (κ2) is 8.15. The Morgan fingerprint density at radius 2 is 2.08 bits per heavy atom. The van der Waals surface area contributed by atoms with Crippen LogP contribution in [0.15, 0.2) is 53.1 Å². The number of furan rings is 1. The van der Waals surface area contributed by atoms with E-state index in [1.807, 2.05) is 23.1 Å². The summed E-state index contributed by atoms with van der Waals surface area (Å²) in [5, 5.41) is 0. The van der Waals surface area contributed by atoms with Crippen LogP contribution < -0.4 is 0 Å². The second-order valence-corrected chi connectivity index (χ2v) is 6.62. The van der Waals surface area contributed by atoms with Gasteiger partial charge in [0.15, 0.2) is 0 Å². The van der Waals surface area contributed by atoms with Crippen molar-refractivity contribution in [2.75, 3.05) is 20.1 Å². The largest absolute Gasteiger partial charge is 0.469 e. The SMILES string of the molecule is CN(Cc1ccccc1)[C@@H]1CCCN(C(=O)CCc2ccco2)C1. The fourth-order valence-corrected chi connectivity index (χ4v) is 3.38. The van der Waals surface area contributed by atoms with Crippen LogP contribution in [0.4, 0.5) is 0 Å². The summed E-state index contributed by atoms with van der Waals surface area (Å²) < 4.78 is 5.32. The predicted octanol–water partition coefficient (Wildman–Crippen LogP) is 3.34. The van der Waals surface area contributed by atoms with Crippen LogP contribution in [0, 0.1) is 0 Å². The van der Waals surface area contributed by atoms with Gasteiger partial charge in [0.05, 0.1) is 6.26 Å². The van der Waals surface area contributed by atoms with Crippen molar-refractivity contribution in [2.24, 2.45) is 0 Å². The fraction of sp³-hybridized carbons (Fsp3) is 0.450. The Balaban J connectivity index is 1.50. The minimum Gasteiger partial charge on any atom is -0.469 e. The van der Waals surface area contributed by atoms with Gasteiger partial charge in [-0.3, -0.25) is 9.69 Å². The molecule has 4 heteroatoms. The van der Waals surface area contributed by atoms with E-state index in [0.717, 1.165) is 38.2 Å². The van der Waals surface area contributed by atoms with E-state index in [0.29, 0.717) is 18.9 Å². The first kappa shape index (κ1) is 16.8. The van der Waals surface area contributed by atoms with Gasteiger partial charge in [-0.25, -0.2) is 0 Å². The maximum Gasteiger partial charge on any atom is 0.223 e. The van der Waals surface area contributed by atoms with E-state index in [9.17, 15) is 4.79 Å². The molecule has 1 aliphatic heterocycles. The molecule has 1 atom stereocenters. The average Bonchev–Trinajstić information content (AvgIpc) is 3.14. The van der Waals surface area contributed by atoms with E-state index in [-0.39, 0.29) is 5.91 Å². The molecule has 0 unspecified atom stereocenters. The topological polar surface area (TPSA) is 36.7 Å². The lowest BCUT2D eigenvalue weighted by Gasteiger charge is -2.37. The molecule has 0 saturated carbocycles. The molecular formula is C20H26N2O2. The molecule has 24 heavy (non-hydrogen) atoms. The maximum absolute atomic E-state index is 12.5. The number of amides is 1. The number of hydrogen-bond donors (Lipinski definition) is 0. The lowest BCUT2D eigenvalue weighted by Crippen LogP contribution is -2.48. The van der Waals surface area contributed by atoms with Crippen molar-refractivity contribution in [3.05, 3.63) is 60.1 Å². The van der Waals surface area contributed by atoms with Crippen LogP contribution in [-0.4, -0.2) is 41.9 Å². The molecular weight excluding hydrogens is 300 g/mol. The van der Waals surface area contributed by atoms with Crippen LogP contribution in [0.25, 0.3) is 0 Å². The normalized spacial score (nSPS) is 18.1. The lowest BCUT2D eigenvalue weighted by molar-refractivity contribution is -0.133. The van der Waals surface area contributed by atoms with Crippen molar-refractivity contribution in [3.63, 3.8) is 0 Å². The Labute approximate surface area is 144 Å². The Morgan fingerprint density at radius 1 is 1.25 bits per heavy atom. The number of benzene rings is 1. The zero-order valence-electron chi connectivity index (χ0n) is 14.4. The summed E-state index contributed by atoms with van der Waals surface area (Å²) in [6.45, 7) is 2.65. The molecule has 4 nitrogen and oxygen atoms in total. The van der Waals surface area contributed by atoms with Gasteiger partial charge in [0.2, 0.25) is 5.91 Å². The highest BCUT2D eigenvalue weighted by Gasteiger charge is 2.26. The molecule has 128 valence electrons. The van der Waals surface area contributed by atoms with Crippen LogP contribution >= 0.6 is 0 Å². The van der Waals surface area contributed by atoms with Gasteiger partial charge in [0.1, 0.15) is 5.76 Å². The molecule has 2 aromatic rings. The van der Waals surface area contributed by atoms with Crippen molar-refractivity contribution < 1.29 is 9.21 Å². The Hall–Kier alpha value is -2.07. The third kappa shape index (κ3) is 4.48. The van der Waals surface area contributed by atoms with Crippen molar-refractivity contribution in [2.45, 2.75) is 38.3 Å². The van der Waals surface area contributed by atoms with Gasteiger partial charge >= 0.3 is 0 Å². The third-order valence-electron chi connectivity index (χ3n) is 4.81. The van der Waals surface area contributed by atoms with Gasteiger partial charge in [-0.1, -0.05) is 30.3 Å². The molecule has 1 aromatic carbocycles. The van der Waals surface area contributed by atoms with E-state index in [1.165, 1.54) is 5.56 Å². The van der Waals surface area contributed by atoms with E-state index in [4.69, 9.17) is 4.42 Å². The molecule has 0 radical (unpaired) electrons. The van der Waals surface area contributed by atoms with Crippen LogP contribution in [0.2, 0.25) is 0 Å². The second-order valence-electron chi connectivity index (χ2n) is 6.62. The molecule has 1 aliphatic rings. The minimum absolute atomic E-state index is 0.240. The van der Waals surface area contributed by atoms with Crippen LogP contribution in [0.1, 0.15) is 30.6 Å². The highest BCUT2D eigenvalue weighted by molar-refractivity contribution is 5.76. The Morgan fingerprint density at radius 3 is 2.83 bits per heavy atom. The number of carbonyl (C=O) groups is 1. The number of carbonyl (C=O) groups excluding carboxylic acids is 1. The number of nitrogens with zero attached hydrogens (tertiary/aromatic N) is 2. The van der Waals surface area contributed by atoms with E-state index >= 15 is 0 Å². The number of hydrogen-bond acceptors (Lipinski definition) is 3. The highest BCUT2D eigenvalue weighted by atomic mass is 16.3. The van der Waals surface area contributed by atoms with Crippen LogP contribution in [0.5, 0.6) is 0 Å². The molecule has 1 amide bonds. The van der Waals surface area contributed by atoms with Gasteiger partial charge in [-0.05, 0) is 37.6 Å². The summed E-state index contributed by atoms with van der Waals surface area (Å²) in [6, 6.07) is 14.8. The van der Waals surface area contributed by atoms with Crippen molar-refractivity contribution in [1.82, 2.24) is 9.80 Å². The molecule has 0 bridgehead atoms. The Kier molecular flexibility index (Phi) is 5.70. The minimum atomic E-state index is 0.240. The van der Waals surface area contributed by atoms with Gasteiger partial charge in [0, 0.05) is 38.5 Å². The Bertz CT molecular complexity index is 624. The number of rotatable bonds is 6. The molecule has 0 N–H and O–H groups in total. The van der Waals surface area contributed by atoms with Crippen molar-refractivity contribution in [1.29, 1.82) is 0 Å². The highest BCUT2D eigenvalue weighted by Crippen LogP contribution is 2.18. The number of likely N-dealkylation sites (tertiary alicyclic amines) is 1. The number of piperidine rings is 1. The van der Waals surface area contributed by atoms with Gasteiger partial charge in [-0.15, -0.1) is 0 Å². The third-order valence-corrected chi connectivity index (χ3v) is 4.81. The molecule has 0 aliphatic carbocycles. The molecule has 3 rings (SSSR count). The number of likely N-dealkylation sites (N-methyl/N-ethyl adjacent to an activating group) is 1. The van der Waals surface area contributed by atoms with Crippen molar-refractivity contribution in [3.8, 4) is 0 Å². The summed E-state index contributed by atoms with van der Waals surface area (Å²) in [5.41, 5.74) is 1.32. The van der Waals surface area contributed by atoms with Crippen LogP contribution in [-0.2, 0) is 17.8 Å². The standard InChI is InChI=1S/C20H26N2O2/c1-21(15-17-7-3-2-4-8-17)18-9-5-13-22(16-18)20(23)12-11-19-10-6-14-24-19/h2-4,6-8,10,14,18H,5,9,11-13,15-16H2,1H3/t18-/m1/s1. The van der Waals surface area contributed by atoms with E-state index in [2.05, 4.69) is 36.2 Å². The summed E-state index contributed by atoms with van der Waals surface area (Å²) in [4.78, 5) is 16.9. The molecule has 0 spiro atoms. The quantitative estimate of drug-likeness (QED) is 0.817. The lowest BCUT2D eigenvalue weighted by atomic mass is 10.0. The molecule has 1 aromatic heterocycles. The average molecular weight is 326 g/mol. The van der Waals surface area contributed by atoms with E-state index in [1.54, 1.807) is 6.26 Å². The smallest absolute Gasteiger partial charge is 0.223 e. The summed E-state index contributed by atoms with van der Waals surface area (Å²) in [7, 11) is 2.16. The molecule has 2 heterocycles. The first-order valence-corrected chi connectivity index (χ1v) is 8.76. The first-order chi connectivity index (χ1) is 11.7. The first-order valence-electron chi connectivity index (χ1n) is 8.76. The summed E-state index contributed by atoms with van der Waals surface area (Å²) >= 11 is 0. The van der Waals surface area contributed by atoms with Crippen molar-refractivity contribution >= 4 is 5.91 Å².